The molecule has 2 N–H and O–H groups in total. The topological polar surface area (TPSA) is 93.2 Å². The number of carbonyl (C=O) groups excluding carboxylic acids is 2. The second kappa shape index (κ2) is 8.34. The number of hydrogen-bond donors (Lipinski definition) is 2. The molecule has 3 aromatic rings. The molecule has 0 saturated carbocycles. The van der Waals surface area contributed by atoms with Crippen LogP contribution in [0.3, 0.4) is 0 Å². The van der Waals surface area contributed by atoms with Crippen LogP contribution in [0.15, 0.2) is 41.9 Å². The number of aromatic nitrogens is 2. The summed E-state index contributed by atoms with van der Waals surface area (Å²) < 4.78 is 5.05. The fourth-order valence-corrected chi connectivity index (χ4v) is 3.14. The number of amides is 2. The minimum absolute atomic E-state index is 0.123. The van der Waals surface area contributed by atoms with E-state index in [0.717, 1.165) is 11.3 Å². The standard InChI is InChI=1S/C17H12Cl2N4O3S/c1-26-11-4-2-9(3-5-11)15(24)23-17-21-13(8-27-17)16(25)22-14-12(19)6-10(18)7-20-14/h2-8H,1H3,(H,20,22,25)(H,21,23,24). The zero-order valence-corrected chi connectivity index (χ0v) is 16.2. The highest BCUT2D eigenvalue weighted by Crippen LogP contribution is 2.24. The molecule has 2 amide bonds. The van der Waals surface area contributed by atoms with Crippen LogP contribution in [0.25, 0.3) is 0 Å². The molecule has 0 aliphatic heterocycles. The Bertz CT molecular complexity index is 992. The van der Waals surface area contributed by atoms with Crippen molar-refractivity contribution in [3.05, 3.63) is 63.2 Å². The van der Waals surface area contributed by atoms with E-state index in [-0.39, 0.29) is 27.6 Å². The number of rotatable bonds is 5. The van der Waals surface area contributed by atoms with Gasteiger partial charge in [-0.25, -0.2) is 9.97 Å². The average molecular weight is 423 g/mol. The van der Waals surface area contributed by atoms with E-state index in [9.17, 15) is 9.59 Å². The summed E-state index contributed by atoms with van der Waals surface area (Å²) in [7, 11) is 1.55. The molecule has 0 atom stereocenters. The summed E-state index contributed by atoms with van der Waals surface area (Å²) in [6, 6.07) is 8.08. The van der Waals surface area contributed by atoms with Gasteiger partial charge in [-0.15, -0.1) is 11.3 Å². The molecule has 0 unspecified atom stereocenters. The lowest BCUT2D eigenvalue weighted by Gasteiger charge is -2.05. The van der Waals surface area contributed by atoms with E-state index in [1.807, 2.05) is 0 Å². The number of nitrogens with one attached hydrogen (secondary N) is 2. The van der Waals surface area contributed by atoms with Crippen LogP contribution in [0.2, 0.25) is 10.0 Å². The summed E-state index contributed by atoms with van der Waals surface area (Å²) >= 11 is 12.9. The molecule has 2 aromatic heterocycles. The van der Waals surface area contributed by atoms with Crippen molar-refractivity contribution >= 4 is 57.3 Å². The first-order valence-electron chi connectivity index (χ1n) is 7.49. The zero-order chi connectivity index (χ0) is 19.4. The van der Waals surface area contributed by atoms with Crippen molar-refractivity contribution < 1.29 is 14.3 Å². The van der Waals surface area contributed by atoms with E-state index < -0.39 is 5.91 Å². The van der Waals surface area contributed by atoms with Crippen LogP contribution in [-0.2, 0) is 0 Å². The molecule has 0 aliphatic rings. The van der Waals surface area contributed by atoms with Crippen LogP contribution in [0.1, 0.15) is 20.8 Å². The predicted octanol–water partition coefficient (Wildman–Crippen LogP) is 4.36. The molecule has 0 radical (unpaired) electrons. The molecule has 0 aliphatic carbocycles. The Labute approximate surface area is 168 Å². The average Bonchev–Trinajstić information content (AvgIpc) is 3.12. The first-order chi connectivity index (χ1) is 13.0. The highest BCUT2D eigenvalue weighted by atomic mass is 35.5. The number of hydrogen-bond acceptors (Lipinski definition) is 6. The monoisotopic (exact) mass is 422 g/mol. The summed E-state index contributed by atoms with van der Waals surface area (Å²) in [5.74, 6) is -0.0357. The Morgan fingerprint density at radius 2 is 1.85 bits per heavy atom. The van der Waals surface area contributed by atoms with Crippen molar-refractivity contribution in [2.24, 2.45) is 0 Å². The van der Waals surface area contributed by atoms with Gasteiger partial charge in [-0.05, 0) is 30.3 Å². The highest BCUT2D eigenvalue weighted by Gasteiger charge is 2.15. The van der Waals surface area contributed by atoms with E-state index in [4.69, 9.17) is 27.9 Å². The van der Waals surface area contributed by atoms with Gasteiger partial charge >= 0.3 is 0 Å². The molecule has 0 bridgehead atoms. The lowest BCUT2D eigenvalue weighted by molar-refractivity contribution is 0.101. The Balaban J connectivity index is 1.66. The lowest BCUT2D eigenvalue weighted by atomic mass is 10.2. The molecule has 0 saturated heterocycles. The van der Waals surface area contributed by atoms with Gasteiger partial charge in [0.1, 0.15) is 11.4 Å². The van der Waals surface area contributed by atoms with E-state index in [2.05, 4.69) is 20.6 Å². The number of anilines is 2. The van der Waals surface area contributed by atoms with Gasteiger partial charge in [0.15, 0.2) is 10.9 Å². The van der Waals surface area contributed by atoms with Gasteiger partial charge in [0.05, 0.1) is 17.2 Å². The minimum Gasteiger partial charge on any atom is -0.497 e. The molecular weight excluding hydrogens is 411 g/mol. The predicted molar refractivity (Wildman–Crippen MR) is 105 cm³/mol. The normalized spacial score (nSPS) is 10.3. The van der Waals surface area contributed by atoms with Gasteiger partial charge in [0.2, 0.25) is 0 Å². The van der Waals surface area contributed by atoms with Crippen molar-refractivity contribution in [2.75, 3.05) is 17.7 Å². The first kappa shape index (κ1) is 19.1. The van der Waals surface area contributed by atoms with E-state index in [0.29, 0.717) is 16.3 Å². The Kier molecular flexibility index (Phi) is 5.90. The number of methoxy groups -OCH3 is 1. The van der Waals surface area contributed by atoms with Crippen molar-refractivity contribution in [1.29, 1.82) is 0 Å². The molecule has 1 aromatic carbocycles. The summed E-state index contributed by atoms with van der Waals surface area (Å²) in [5, 5.41) is 7.55. The molecule has 0 spiro atoms. The summed E-state index contributed by atoms with van der Waals surface area (Å²) in [4.78, 5) is 32.6. The Morgan fingerprint density at radius 1 is 1.11 bits per heavy atom. The first-order valence-corrected chi connectivity index (χ1v) is 9.13. The Morgan fingerprint density at radius 3 is 2.52 bits per heavy atom. The van der Waals surface area contributed by atoms with E-state index in [1.54, 1.807) is 31.4 Å². The number of pyridine rings is 1. The second-order valence-corrected chi connectivity index (χ2v) is 6.86. The molecule has 0 fully saturated rings. The van der Waals surface area contributed by atoms with Crippen LogP contribution >= 0.6 is 34.5 Å². The van der Waals surface area contributed by atoms with Gasteiger partial charge in [0, 0.05) is 17.1 Å². The minimum atomic E-state index is -0.507. The van der Waals surface area contributed by atoms with Gasteiger partial charge in [-0.1, -0.05) is 23.2 Å². The molecule has 3 rings (SSSR count). The Hall–Kier alpha value is -2.68. The van der Waals surface area contributed by atoms with Crippen LogP contribution in [-0.4, -0.2) is 28.9 Å². The molecule has 138 valence electrons. The maximum absolute atomic E-state index is 12.3. The van der Waals surface area contributed by atoms with Crippen LogP contribution in [0.4, 0.5) is 10.9 Å². The quantitative estimate of drug-likeness (QED) is 0.636. The van der Waals surface area contributed by atoms with Crippen LogP contribution in [0.5, 0.6) is 5.75 Å². The van der Waals surface area contributed by atoms with Crippen molar-refractivity contribution in [2.45, 2.75) is 0 Å². The SMILES string of the molecule is COc1ccc(C(=O)Nc2nc(C(=O)Nc3ncc(Cl)cc3Cl)cs2)cc1. The molecular formula is C17H12Cl2N4O3S. The zero-order valence-electron chi connectivity index (χ0n) is 13.8. The molecule has 7 nitrogen and oxygen atoms in total. The summed E-state index contributed by atoms with van der Waals surface area (Å²) in [6.45, 7) is 0. The fourth-order valence-electron chi connectivity index (χ4n) is 2.03. The second-order valence-electron chi connectivity index (χ2n) is 5.16. The molecule has 10 heteroatoms. The smallest absolute Gasteiger partial charge is 0.276 e. The number of benzene rings is 1. The summed E-state index contributed by atoms with van der Waals surface area (Å²) in [5.41, 5.74) is 0.562. The highest BCUT2D eigenvalue weighted by molar-refractivity contribution is 7.14. The van der Waals surface area contributed by atoms with Gasteiger partial charge in [-0.2, -0.15) is 0 Å². The number of halogens is 2. The number of ether oxygens (including phenoxy) is 1. The number of carbonyl (C=O) groups is 2. The van der Waals surface area contributed by atoms with E-state index in [1.165, 1.54) is 17.6 Å². The van der Waals surface area contributed by atoms with Crippen molar-refractivity contribution in [1.82, 2.24) is 9.97 Å². The number of thiazole rings is 1. The van der Waals surface area contributed by atoms with Crippen LogP contribution < -0.4 is 15.4 Å². The van der Waals surface area contributed by atoms with Gasteiger partial charge in [-0.3, -0.25) is 14.9 Å². The third-order valence-electron chi connectivity index (χ3n) is 3.35. The van der Waals surface area contributed by atoms with Crippen molar-refractivity contribution in [3.8, 4) is 5.75 Å². The van der Waals surface area contributed by atoms with Crippen molar-refractivity contribution in [3.63, 3.8) is 0 Å². The van der Waals surface area contributed by atoms with Gasteiger partial charge in [0.25, 0.3) is 11.8 Å². The molecule has 27 heavy (non-hydrogen) atoms. The maximum Gasteiger partial charge on any atom is 0.276 e. The third kappa shape index (κ3) is 4.73. The van der Waals surface area contributed by atoms with E-state index >= 15 is 0 Å². The number of nitrogens with zero attached hydrogens (tertiary/aromatic N) is 2. The fraction of sp³-hybridized carbons (Fsp3) is 0.0588. The maximum atomic E-state index is 12.3. The summed E-state index contributed by atoms with van der Waals surface area (Å²) in [6.07, 6.45) is 1.37. The largest absolute Gasteiger partial charge is 0.497 e. The lowest BCUT2D eigenvalue weighted by Crippen LogP contribution is -2.15. The third-order valence-corrected chi connectivity index (χ3v) is 4.60. The molecule has 2 heterocycles. The van der Waals surface area contributed by atoms with Gasteiger partial charge < -0.3 is 10.1 Å². The van der Waals surface area contributed by atoms with Crippen LogP contribution in [0, 0.1) is 0 Å².